The Kier molecular flexibility index (Phi) is 7.44. The molecule has 0 radical (unpaired) electrons. The average Bonchev–Trinajstić information content (AvgIpc) is 3.10. The number of aromatic nitrogens is 2. The van der Waals surface area contributed by atoms with Gasteiger partial charge in [-0.05, 0) is 102 Å². The van der Waals surface area contributed by atoms with Crippen molar-refractivity contribution in [2.24, 2.45) is 0 Å². The summed E-state index contributed by atoms with van der Waals surface area (Å²) in [6.45, 7) is 0. The van der Waals surface area contributed by atoms with Gasteiger partial charge in [-0.25, -0.2) is 0 Å². The molecule has 1 aliphatic carbocycles. The summed E-state index contributed by atoms with van der Waals surface area (Å²) in [6.07, 6.45) is 12.7. The maximum Gasteiger partial charge on any atom is 0.0702 e. The Morgan fingerprint density at radius 3 is 1.79 bits per heavy atom. The minimum Gasteiger partial charge on any atom is -0.310 e. The van der Waals surface area contributed by atoms with Crippen molar-refractivity contribution in [3.05, 3.63) is 170 Å². The Morgan fingerprint density at radius 2 is 1.09 bits per heavy atom. The van der Waals surface area contributed by atoms with Crippen LogP contribution in [0, 0.1) is 0 Å². The summed E-state index contributed by atoms with van der Waals surface area (Å²) in [6, 6.07) is 46.9. The molecule has 0 saturated carbocycles. The molecule has 3 heteroatoms. The molecule has 43 heavy (non-hydrogen) atoms. The minimum atomic E-state index is 0.948. The first kappa shape index (κ1) is 26.4. The van der Waals surface area contributed by atoms with Crippen molar-refractivity contribution in [2.45, 2.75) is 12.8 Å². The molecule has 0 saturated heterocycles. The van der Waals surface area contributed by atoms with E-state index in [1.807, 2.05) is 36.7 Å². The fraction of sp³-hybridized carbons (Fsp3) is 0.0500. The van der Waals surface area contributed by atoms with E-state index in [2.05, 4.69) is 137 Å². The summed E-state index contributed by atoms with van der Waals surface area (Å²) >= 11 is 0. The van der Waals surface area contributed by atoms with Crippen LogP contribution in [-0.2, 0) is 0 Å². The third kappa shape index (κ3) is 5.79. The monoisotopic (exact) mass is 553 g/mol. The van der Waals surface area contributed by atoms with Gasteiger partial charge in [0.25, 0.3) is 0 Å². The average molecular weight is 554 g/mol. The molecule has 0 N–H and O–H groups in total. The number of pyridine rings is 2. The number of nitrogens with zero attached hydrogens (tertiary/aromatic N) is 3. The van der Waals surface area contributed by atoms with E-state index in [0.29, 0.717) is 0 Å². The molecule has 4 aromatic carbocycles. The van der Waals surface area contributed by atoms with Crippen molar-refractivity contribution in [1.82, 2.24) is 9.97 Å². The number of hydrogen-bond acceptors (Lipinski definition) is 3. The topological polar surface area (TPSA) is 29.0 Å². The van der Waals surface area contributed by atoms with Gasteiger partial charge in [0.1, 0.15) is 0 Å². The Labute approximate surface area is 253 Å². The third-order valence-corrected chi connectivity index (χ3v) is 7.76. The van der Waals surface area contributed by atoms with Crippen LogP contribution >= 0.6 is 0 Å². The first-order valence-corrected chi connectivity index (χ1v) is 14.7. The van der Waals surface area contributed by atoms with Crippen molar-refractivity contribution < 1.29 is 0 Å². The zero-order valence-corrected chi connectivity index (χ0v) is 23.8. The zero-order valence-electron chi connectivity index (χ0n) is 23.8. The van der Waals surface area contributed by atoms with Gasteiger partial charge in [-0.1, -0.05) is 85.0 Å². The SMILES string of the molecule is C1=CC(c2cc(-c3ccccn3)cc(N(c3ccc(-c4ccccc4)cc3)c3cccc(-c4ccccn4)c3)c2)=CCC1. The van der Waals surface area contributed by atoms with Crippen LogP contribution in [0.4, 0.5) is 17.1 Å². The van der Waals surface area contributed by atoms with Gasteiger partial charge in [-0.15, -0.1) is 0 Å². The van der Waals surface area contributed by atoms with E-state index in [1.54, 1.807) is 0 Å². The lowest BCUT2D eigenvalue weighted by Gasteiger charge is -2.27. The molecule has 0 spiro atoms. The van der Waals surface area contributed by atoms with Crippen LogP contribution in [0.1, 0.15) is 18.4 Å². The van der Waals surface area contributed by atoms with Crippen molar-refractivity contribution >= 4 is 22.6 Å². The highest BCUT2D eigenvalue weighted by atomic mass is 15.1. The lowest BCUT2D eigenvalue weighted by molar-refractivity contribution is 1.04. The molecule has 0 bridgehead atoms. The quantitative estimate of drug-likeness (QED) is 0.197. The molecule has 0 aliphatic heterocycles. The van der Waals surface area contributed by atoms with Crippen LogP contribution in [0.2, 0.25) is 0 Å². The first-order valence-electron chi connectivity index (χ1n) is 14.7. The smallest absolute Gasteiger partial charge is 0.0702 e. The molecule has 0 atom stereocenters. The Hall–Kier alpha value is -5.54. The van der Waals surface area contributed by atoms with E-state index >= 15 is 0 Å². The molecular weight excluding hydrogens is 522 g/mol. The molecule has 0 amide bonds. The minimum absolute atomic E-state index is 0.948. The van der Waals surface area contributed by atoms with Crippen LogP contribution in [0.15, 0.2) is 164 Å². The summed E-state index contributed by atoms with van der Waals surface area (Å²) in [5.74, 6) is 0. The highest BCUT2D eigenvalue weighted by Crippen LogP contribution is 2.40. The molecule has 6 aromatic rings. The molecule has 2 aromatic heterocycles. The second-order valence-corrected chi connectivity index (χ2v) is 10.6. The first-order chi connectivity index (χ1) is 21.3. The van der Waals surface area contributed by atoms with Crippen molar-refractivity contribution in [2.75, 3.05) is 4.90 Å². The van der Waals surface area contributed by atoms with Crippen LogP contribution in [-0.4, -0.2) is 9.97 Å². The predicted octanol–water partition coefficient (Wildman–Crippen LogP) is 10.7. The molecule has 3 nitrogen and oxygen atoms in total. The highest BCUT2D eigenvalue weighted by molar-refractivity contribution is 5.87. The Balaban J connectivity index is 1.41. The van der Waals surface area contributed by atoms with Gasteiger partial charge in [0.2, 0.25) is 0 Å². The Bertz CT molecular complexity index is 1890. The third-order valence-electron chi connectivity index (χ3n) is 7.76. The lowest BCUT2D eigenvalue weighted by Crippen LogP contribution is -2.11. The van der Waals surface area contributed by atoms with E-state index in [1.165, 1.54) is 22.3 Å². The second kappa shape index (κ2) is 12.1. The zero-order chi connectivity index (χ0) is 28.8. The van der Waals surface area contributed by atoms with Gasteiger partial charge in [0.15, 0.2) is 0 Å². The standard InChI is InChI=1S/C40H31N3/c1-3-12-30(13-4-1)32-20-22-36(23-21-32)43(37-17-11-16-33(27-37)39-18-7-9-24-41-39)38-28-34(31-14-5-2-6-15-31)26-35(29-38)40-19-8-10-25-42-40/h1,3-5,7-29H,2,6H2. The summed E-state index contributed by atoms with van der Waals surface area (Å²) in [5, 5.41) is 0. The number of allylic oxidation sites excluding steroid dienone is 4. The predicted molar refractivity (Wildman–Crippen MR) is 179 cm³/mol. The lowest BCUT2D eigenvalue weighted by atomic mass is 9.95. The normalized spacial score (nSPS) is 12.5. The Morgan fingerprint density at radius 1 is 0.442 bits per heavy atom. The number of benzene rings is 4. The fourth-order valence-electron chi connectivity index (χ4n) is 5.63. The van der Waals surface area contributed by atoms with Gasteiger partial charge < -0.3 is 4.90 Å². The molecule has 206 valence electrons. The summed E-state index contributed by atoms with van der Waals surface area (Å²) in [4.78, 5) is 11.7. The largest absolute Gasteiger partial charge is 0.310 e. The van der Waals surface area contributed by atoms with Crippen molar-refractivity contribution in [3.63, 3.8) is 0 Å². The van der Waals surface area contributed by atoms with Crippen LogP contribution in [0.25, 0.3) is 39.2 Å². The maximum absolute atomic E-state index is 4.72. The summed E-state index contributed by atoms with van der Waals surface area (Å²) in [7, 11) is 0. The molecule has 0 unspecified atom stereocenters. The van der Waals surface area contributed by atoms with Crippen LogP contribution in [0.3, 0.4) is 0 Å². The van der Waals surface area contributed by atoms with E-state index in [-0.39, 0.29) is 0 Å². The highest BCUT2D eigenvalue weighted by Gasteiger charge is 2.17. The fourth-order valence-corrected chi connectivity index (χ4v) is 5.63. The molecule has 1 aliphatic rings. The maximum atomic E-state index is 4.72. The van der Waals surface area contributed by atoms with E-state index < -0.39 is 0 Å². The van der Waals surface area contributed by atoms with E-state index in [9.17, 15) is 0 Å². The second-order valence-electron chi connectivity index (χ2n) is 10.6. The van der Waals surface area contributed by atoms with Crippen molar-refractivity contribution in [3.8, 4) is 33.6 Å². The number of hydrogen-bond donors (Lipinski definition) is 0. The summed E-state index contributed by atoms with van der Waals surface area (Å²) < 4.78 is 0. The van der Waals surface area contributed by atoms with Crippen LogP contribution < -0.4 is 4.90 Å². The van der Waals surface area contributed by atoms with E-state index in [0.717, 1.165) is 52.4 Å². The van der Waals surface area contributed by atoms with Crippen LogP contribution in [0.5, 0.6) is 0 Å². The van der Waals surface area contributed by atoms with Gasteiger partial charge in [0, 0.05) is 40.6 Å². The molecule has 0 fully saturated rings. The van der Waals surface area contributed by atoms with E-state index in [4.69, 9.17) is 4.98 Å². The number of rotatable bonds is 7. The van der Waals surface area contributed by atoms with Gasteiger partial charge in [-0.2, -0.15) is 0 Å². The summed E-state index contributed by atoms with van der Waals surface area (Å²) in [5.41, 5.74) is 12.1. The molecule has 7 rings (SSSR count). The van der Waals surface area contributed by atoms with Gasteiger partial charge >= 0.3 is 0 Å². The van der Waals surface area contributed by atoms with Gasteiger partial charge in [-0.3, -0.25) is 9.97 Å². The molecular formula is C40H31N3. The van der Waals surface area contributed by atoms with Crippen molar-refractivity contribution in [1.29, 1.82) is 0 Å². The van der Waals surface area contributed by atoms with Gasteiger partial charge in [0.05, 0.1) is 11.4 Å². The number of anilines is 3. The molecule has 2 heterocycles.